The molecule has 0 saturated carbocycles. The van der Waals surface area contributed by atoms with E-state index < -0.39 is 5.60 Å². The van der Waals surface area contributed by atoms with E-state index in [4.69, 9.17) is 4.74 Å². The molecule has 0 spiro atoms. The molecule has 2 atom stereocenters. The molecule has 1 aromatic carbocycles. The van der Waals surface area contributed by atoms with Gasteiger partial charge in [0.15, 0.2) is 0 Å². The fraction of sp³-hybridized carbons (Fsp3) is 0.588. The van der Waals surface area contributed by atoms with Crippen molar-refractivity contribution in [1.29, 1.82) is 0 Å². The third-order valence-corrected chi connectivity index (χ3v) is 3.76. The number of hydrogen-bond acceptors (Lipinski definition) is 3. The molecule has 3 heteroatoms. The summed E-state index contributed by atoms with van der Waals surface area (Å²) in [7, 11) is 0. The Labute approximate surface area is 121 Å². The van der Waals surface area contributed by atoms with Crippen molar-refractivity contribution in [1.82, 2.24) is 5.32 Å². The van der Waals surface area contributed by atoms with Crippen LogP contribution in [0.15, 0.2) is 18.2 Å². The molecule has 1 aromatic rings. The SMILES string of the molecule is Cc1ccc(C)c(C2CNCC2C(=O)OC(C)(C)C)c1. The molecule has 1 N–H and O–H groups in total. The van der Waals surface area contributed by atoms with Crippen molar-refractivity contribution in [3.05, 3.63) is 34.9 Å². The van der Waals surface area contributed by atoms with Crippen molar-refractivity contribution >= 4 is 5.97 Å². The fourth-order valence-corrected chi connectivity index (χ4v) is 2.79. The Morgan fingerprint density at radius 2 is 1.95 bits per heavy atom. The highest BCUT2D eigenvalue weighted by Gasteiger charge is 2.37. The summed E-state index contributed by atoms with van der Waals surface area (Å²) in [6, 6.07) is 6.45. The summed E-state index contributed by atoms with van der Waals surface area (Å²) < 4.78 is 5.56. The Morgan fingerprint density at radius 1 is 1.25 bits per heavy atom. The summed E-state index contributed by atoms with van der Waals surface area (Å²) in [5, 5.41) is 3.33. The van der Waals surface area contributed by atoms with Crippen LogP contribution in [0.1, 0.15) is 43.4 Å². The maximum absolute atomic E-state index is 12.4. The number of ether oxygens (including phenoxy) is 1. The van der Waals surface area contributed by atoms with Gasteiger partial charge in [0.2, 0.25) is 0 Å². The first-order valence-electron chi connectivity index (χ1n) is 7.28. The van der Waals surface area contributed by atoms with Gasteiger partial charge in [0.25, 0.3) is 0 Å². The lowest BCUT2D eigenvalue weighted by Gasteiger charge is -2.25. The van der Waals surface area contributed by atoms with Gasteiger partial charge >= 0.3 is 5.97 Å². The molecule has 0 aliphatic carbocycles. The molecule has 0 aromatic heterocycles. The molecule has 1 fully saturated rings. The quantitative estimate of drug-likeness (QED) is 0.843. The molecular formula is C17H25NO2. The van der Waals surface area contributed by atoms with E-state index in [1.54, 1.807) is 0 Å². The predicted molar refractivity (Wildman–Crippen MR) is 80.9 cm³/mol. The van der Waals surface area contributed by atoms with Gasteiger partial charge in [0.1, 0.15) is 5.60 Å². The highest BCUT2D eigenvalue weighted by atomic mass is 16.6. The molecule has 3 nitrogen and oxygen atoms in total. The lowest BCUT2D eigenvalue weighted by Crippen LogP contribution is -2.32. The minimum atomic E-state index is -0.425. The number of esters is 1. The summed E-state index contributed by atoms with van der Waals surface area (Å²) in [5.41, 5.74) is 3.33. The molecular weight excluding hydrogens is 250 g/mol. The van der Waals surface area contributed by atoms with Crippen molar-refractivity contribution in [2.75, 3.05) is 13.1 Å². The summed E-state index contributed by atoms with van der Waals surface area (Å²) in [6.07, 6.45) is 0. The maximum Gasteiger partial charge on any atom is 0.311 e. The highest BCUT2D eigenvalue weighted by molar-refractivity contribution is 5.75. The summed E-state index contributed by atoms with van der Waals surface area (Å²) in [4.78, 5) is 12.4. The number of benzene rings is 1. The van der Waals surface area contributed by atoms with E-state index in [1.165, 1.54) is 16.7 Å². The lowest BCUT2D eigenvalue weighted by atomic mass is 9.85. The van der Waals surface area contributed by atoms with Gasteiger partial charge in [-0.3, -0.25) is 4.79 Å². The molecule has 1 saturated heterocycles. The molecule has 2 unspecified atom stereocenters. The second-order valence-electron chi connectivity index (χ2n) is 6.76. The molecule has 110 valence electrons. The molecule has 1 aliphatic rings. The first-order valence-corrected chi connectivity index (χ1v) is 7.28. The highest BCUT2D eigenvalue weighted by Crippen LogP contribution is 2.32. The van der Waals surface area contributed by atoms with Gasteiger partial charge in [0, 0.05) is 19.0 Å². The zero-order valence-corrected chi connectivity index (χ0v) is 13.1. The minimum Gasteiger partial charge on any atom is -0.460 e. The Morgan fingerprint density at radius 3 is 2.60 bits per heavy atom. The van der Waals surface area contributed by atoms with Crippen LogP contribution >= 0.6 is 0 Å². The smallest absolute Gasteiger partial charge is 0.311 e. The van der Waals surface area contributed by atoms with Gasteiger partial charge in [-0.25, -0.2) is 0 Å². The largest absolute Gasteiger partial charge is 0.460 e. The predicted octanol–water partition coefficient (Wildman–Crippen LogP) is 2.95. The van der Waals surface area contributed by atoms with Crippen LogP contribution in [0.3, 0.4) is 0 Å². The number of carbonyl (C=O) groups excluding carboxylic acids is 1. The third-order valence-electron chi connectivity index (χ3n) is 3.76. The van der Waals surface area contributed by atoms with Crippen LogP contribution < -0.4 is 5.32 Å². The van der Waals surface area contributed by atoms with Crippen molar-refractivity contribution in [3.63, 3.8) is 0 Å². The average Bonchev–Trinajstić information content (AvgIpc) is 2.79. The van der Waals surface area contributed by atoms with Crippen molar-refractivity contribution in [3.8, 4) is 0 Å². The standard InChI is InChI=1S/C17H25NO2/c1-11-6-7-12(2)13(8-11)14-9-18-10-15(14)16(19)20-17(3,4)5/h6-8,14-15,18H,9-10H2,1-5H3. The van der Waals surface area contributed by atoms with Crippen molar-refractivity contribution < 1.29 is 9.53 Å². The van der Waals surface area contributed by atoms with Crippen LogP contribution in [0.4, 0.5) is 0 Å². The Bertz CT molecular complexity index is 502. The van der Waals surface area contributed by atoms with E-state index in [-0.39, 0.29) is 17.8 Å². The fourth-order valence-electron chi connectivity index (χ4n) is 2.79. The van der Waals surface area contributed by atoms with Gasteiger partial charge in [0.05, 0.1) is 5.92 Å². The average molecular weight is 275 g/mol. The van der Waals surface area contributed by atoms with Crippen molar-refractivity contribution in [2.24, 2.45) is 5.92 Å². The van der Waals surface area contributed by atoms with E-state index in [0.717, 1.165) is 6.54 Å². The lowest BCUT2D eigenvalue weighted by molar-refractivity contribution is -0.159. The van der Waals surface area contributed by atoms with Gasteiger partial charge < -0.3 is 10.1 Å². The zero-order valence-electron chi connectivity index (χ0n) is 13.1. The first kappa shape index (κ1) is 15.0. The molecule has 0 amide bonds. The molecule has 20 heavy (non-hydrogen) atoms. The summed E-state index contributed by atoms with van der Waals surface area (Å²) >= 11 is 0. The van der Waals surface area contributed by atoms with E-state index >= 15 is 0 Å². The second-order valence-corrected chi connectivity index (χ2v) is 6.76. The van der Waals surface area contributed by atoms with Crippen LogP contribution in [-0.4, -0.2) is 24.7 Å². The molecule has 1 heterocycles. The van der Waals surface area contributed by atoms with Crippen LogP contribution in [-0.2, 0) is 9.53 Å². The monoisotopic (exact) mass is 275 g/mol. The Hall–Kier alpha value is -1.35. The Balaban J connectivity index is 2.23. The van der Waals surface area contributed by atoms with Crippen LogP contribution in [0, 0.1) is 19.8 Å². The summed E-state index contributed by atoms with van der Waals surface area (Å²) in [6.45, 7) is 11.5. The maximum atomic E-state index is 12.4. The number of nitrogens with one attached hydrogen (secondary N) is 1. The summed E-state index contributed by atoms with van der Waals surface area (Å²) in [5.74, 6) is 0.0351. The van der Waals surface area contributed by atoms with Crippen LogP contribution in [0.25, 0.3) is 0 Å². The topological polar surface area (TPSA) is 38.3 Å². The second kappa shape index (κ2) is 5.57. The molecule has 0 radical (unpaired) electrons. The van der Waals surface area contributed by atoms with Gasteiger partial charge in [-0.2, -0.15) is 0 Å². The Kier molecular flexibility index (Phi) is 4.19. The van der Waals surface area contributed by atoms with Crippen LogP contribution in [0.5, 0.6) is 0 Å². The van der Waals surface area contributed by atoms with Gasteiger partial charge in [-0.15, -0.1) is 0 Å². The van der Waals surface area contributed by atoms with E-state index in [2.05, 4.69) is 37.4 Å². The third kappa shape index (κ3) is 3.40. The number of rotatable bonds is 2. The van der Waals surface area contributed by atoms with Crippen molar-refractivity contribution in [2.45, 2.75) is 46.1 Å². The van der Waals surface area contributed by atoms with E-state index in [1.807, 2.05) is 20.8 Å². The number of aryl methyl sites for hydroxylation is 2. The minimum absolute atomic E-state index is 0.0882. The van der Waals surface area contributed by atoms with Gasteiger partial charge in [-0.05, 0) is 45.7 Å². The van der Waals surface area contributed by atoms with Crippen LogP contribution in [0.2, 0.25) is 0 Å². The normalized spacial score (nSPS) is 22.9. The molecule has 2 rings (SSSR count). The van der Waals surface area contributed by atoms with Gasteiger partial charge in [-0.1, -0.05) is 23.8 Å². The van der Waals surface area contributed by atoms with E-state index in [9.17, 15) is 4.79 Å². The zero-order chi connectivity index (χ0) is 14.9. The van der Waals surface area contributed by atoms with E-state index in [0.29, 0.717) is 6.54 Å². The first-order chi connectivity index (χ1) is 9.28. The number of carbonyl (C=O) groups is 1. The number of hydrogen-bond donors (Lipinski definition) is 1. The molecule has 1 aliphatic heterocycles. The molecule has 0 bridgehead atoms.